The number of hydrogen-bond acceptors (Lipinski definition) is 5. The fourth-order valence-electron chi connectivity index (χ4n) is 3.28. The highest BCUT2D eigenvalue weighted by atomic mass is 32.2. The van der Waals surface area contributed by atoms with Gasteiger partial charge in [0.1, 0.15) is 4.32 Å². The molecule has 32 heavy (non-hydrogen) atoms. The molecule has 2 amide bonds. The number of nitrogens with one attached hydrogen (secondary N) is 1. The molecule has 1 N–H and O–H groups in total. The summed E-state index contributed by atoms with van der Waals surface area (Å²) >= 11 is 8.38. The van der Waals surface area contributed by atoms with Crippen molar-refractivity contribution in [3.8, 4) is 0 Å². The lowest BCUT2D eigenvalue weighted by molar-refractivity contribution is -0.129. The molecule has 1 unspecified atom stereocenters. The summed E-state index contributed by atoms with van der Waals surface area (Å²) in [4.78, 5) is 29.1. The first-order chi connectivity index (χ1) is 15.6. The molecular formula is C25H22N2O2S3. The Morgan fingerprint density at radius 1 is 0.906 bits per heavy atom. The molecule has 4 rings (SSSR count). The summed E-state index contributed by atoms with van der Waals surface area (Å²) in [6.07, 6.45) is 0.122. The van der Waals surface area contributed by atoms with E-state index < -0.39 is 5.25 Å². The van der Waals surface area contributed by atoms with Gasteiger partial charge in [0.2, 0.25) is 11.8 Å². The van der Waals surface area contributed by atoms with Crippen molar-refractivity contribution in [1.82, 2.24) is 10.2 Å². The molecule has 1 aliphatic heterocycles. The van der Waals surface area contributed by atoms with Crippen molar-refractivity contribution >= 4 is 51.9 Å². The molecule has 0 radical (unpaired) electrons. The van der Waals surface area contributed by atoms with Crippen LogP contribution in [0.2, 0.25) is 0 Å². The lowest BCUT2D eigenvalue weighted by Gasteiger charge is -2.15. The molecule has 1 aliphatic rings. The average Bonchev–Trinajstić information content (AvgIpc) is 3.07. The Morgan fingerprint density at radius 3 is 2.22 bits per heavy atom. The molecular weight excluding hydrogens is 456 g/mol. The number of carbonyl (C=O) groups excluding carboxylic acids is 2. The summed E-state index contributed by atoms with van der Waals surface area (Å²) in [5, 5.41) is 2.46. The number of thioether (sulfide) groups is 1. The first-order valence-corrected chi connectivity index (χ1v) is 12.3. The fourth-order valence-corrected chi connectivity index (χ4v) is 5.61. The minimum Gasteiger partial charge on any atom is -0.352 e. The Hall–Kier alpha value is -2.61. The summed E-state index contributed by atoms with van der Waals surface area (Å²) in [6, 6.07) is 28.1. The second-order valence-electron chi connectivity index (χ2n) is 7.32. The largest absolute Gasteiger partial charge is 0.352 e. The van der Waals surface area contributed by atoms with Gasteiger partial charge in [-0.15, -0.1) is 0 Å². The summed E-state index contributed by atoms with van der Waals surface area (Å²) in [5.74, 6) is -0.246. The van der Waals surface area contributed by atoms with Crippen LogP contribution in [0.1, 0.15) is 17.5 Å². The zero-order chi connectivity index (χ0) is 22.3. The molecule has 7 heteroatoms. The minimum absolute atomic E-state index is 0.0960. The van der Waals surface area contributed by atoms with Crippen LogP contribution >= 0.6 is 35.7 Å². The van der Waals surface area contributed by atoms with Crippen LogP contribution in [0.25, 0.3) is 0 Å². The molecule has 3 aromatic carbocycles. The van der Waals surface area contributed by atoms with Gasteiger partial charge in [-0.2, -0.15) is 0 Å². The van der Waals surface area contributed by atoms with Gasteiger partial charge < -0.3 is 5.32 Å². The number of carbonyl (C=O) groups is 2. The molecule has 4 nitrogen and oxygen atoms in total. The van der Waals surface area contributed by atoms with Crippen molar-refractivity contribution in [2.24, 2.45) is 0 Å². The maximum Gasteiger partial charge on any atom is 0.242 e. The molecule has 0 bridgehead atoms. The molecule has 0 aromatic heterocycles. The van der Waals surface area contributed by atoms with E-state index in [4.69, 9.17) is 12.2 Å². The van der Waals surface area contributed by atoms with E-state index in [-0.39, 0.29) is 18.2 Å². The lowest BCUT2D eigenvalue weighted by atomic mass is 10.2. The second kappa shape index (κ2) is 10.8. The number of amides is 2. The highest BCUT2D eigenvalue weighted by Crippen LogP contribution is 2.31. The Kier molecular flexibility index (Phi) is 7.63. The third-order valence-electron chi connectivity index (χ3n) is 4.95. The minimum atomic E-state index is -0.462. The quantitative estimate of drug-likeness (QED) is 0.447. The SMILES string of the molecule is O=C(CC1SC(=S)N(Cc2ccccc2)C1=O)NCc1ccc(Sc2ccccc2)cc1. The second-order valence-corrected chi connectivity index (χ2v) is 10.3. The predicted molar refractivity (Wildman–Crippen MR) is 134 cm³/mol. The first kappa shape index (κ1) is 22.6. The number of thiocarbonyl (C=S) groups is 1. The van der Waals surface area contributed by atoms with Crippen LogP contribution in [-0.4, -0.2) is 26.3 Å². The van der Waals surface area contributed by atoms with E-state index in [1.807, 2.05) is 60.7 Å². The molecule has 0 spiro atoms. The summed E-state index contributed by atoms with van der Waals surface area (Å²) in [5.41, 5.74) is 2.03. The standard InChI is InChI=1S/C25H22N2O2S3/c28-23(15-22-24(29)27(25(30)32-22)17-19-7-3-1-4-8-19)26-16-18-11-13-21(14-12-18)31-20-9-5-2-6-10-20/h1-14,22H,15-17H2,(H,26,28). The van der Waals surface area contributed by atoms with Gasteiger partial charge in [-0.3, -0.25) is 14.5 Å². The number of benzene rings is 3. The van der Waals surface area contributed by atoms with Crippen molar-refractivity contribution in [3.05, 3.63) is 96.1 Å². The van der Waals surface area contributed by atoms with E-state index in [0.29, 0.717) is 17.4 Å². The molecule has 1 heterocycles. The maximum atomic E-state index is 12.8. The maximum absolute atomic E-state index is 12.8. The smallest absolute Gasteiger partial charge is 0.242 e. The Morgan fingerprint density at radius 2 is 1.53 bits per heavy atom. The molecule has 162 valence electrons. The Balaban J connectivity index is 1.26. The highest BCUT2D eigenvalue weighted by molar-refractivity contribution is 8.24. The van der Waals surface area contributed by atoms with Crippen LogP contribution in [-0.2, 0) is 22.7 Å². The topological polar surface area (TPSA) is 49.4 Å². The Bertz CT molecular complexity index is 1090. The highest BCUT2D eigenvalue weighted by Gasteiger charge is 2.37. The number of nitrogens with zero attached hydrogens (tertiary/aromatic N) is 1. The summed E-state index contributed by atoms with van der Waals surface area (Å²) in [7, 11) is 0. The van der Waals surface area contributed by atoms with Gasteiger partial charge in [-0.25, -0.2) is 0 Å². The lowest BCUT2D eigenvalue weighted by Crippen LogP contribution is -2.33. The Labute approximate surface area is 201 Å². The van der Waals surface area contributed by atoms with Crippen LogP contribution in [0.4, 0.5) is 0 Å². The van der Waals surface area contributed by atoms with E-state index in [1.54, 1.807) is 16.7 Å². The van der Waals surface area contributed by atoms with Gasteiger partial charge in [-0.1, -0.05) is 96.4 Å². The molecule has 1 saturated heterocycles. The third-order valence-corrected chi connectivity index (χ3v) is 7.55. The zero-order valence-electron chi connectivity index (χ0n) is 17.3. The summed E-state index contributed by atoms with van der Waals surface area (Å²) < 4.78 is 0.531. The van der Waals surface area contributed by atoms with Crippen LogP contribution < -0.4 is 5.32 Å². The van der Waals surface area contributed by atoms with E-state index in [2.05, 4.69) is 29.6 Å². The van der Waals surface area contributed by atoms with Crippen molar-refractivity contribution in [2.75, 3.05) is 0 Å². The van der Waals surface area contributed by atoms with Gasteiger partial charge >= 0.3 is 0 Å². The predicted octanol–water partition coefficient (Wildman–Crippen LogP) is 5.27. The van der Waals surface area contributed by atoms with Gasteiger partial charge in [0.15, 0.2) is 0 Å². The van der Waals surface area contributed by atoms with Crippen LogP contribution in [0.5, 0.6) is 0 Å². The van der Waals surface area contributed by atoms with Crippen LogP contribution in [0, 0.1) is 0 Å². The summed E-state index contributed by atoms with van der Waals surface area (Å²) in [6.45, 7) is 0.871. The molecule has 3 aromatic rings. The number of rotatable bonds is 8. The van der Waals surface area contributed by atoms with Gasteiger partial charge in [-0.05, 0) is 35.4 Å². The van der Waals surface area contributed by atoms with E-state index in [9.17, 15) is 9.59 Å². The normalized spacial score (nSPS) is 15.8. The fraction of sp³-hybridized carbons (Fsp3) is 0.160. The molecule has 1 fully saturated rings. The van der Waals surface area contributed by atoms with Crippen molar-refractivity contribution in [3.63, 3.8) is 0 Å². The van der Waals surface area contributed by atoms with Gasteiger partial charge in [0, 0.05) is 22.8 Å². The number of hydrogen-bond donors (Lipinski definition) is 1. The molecule has 0 aliphatic carbocycles. The molecule has 0 saturated carbocycles. The van der Waals surface area contributed by atoms with Crippen molar-refractivity contribution in [1.29, 1.82) is 0 Å². The van der Waals surface area contributed by atoms with Gasteiger partial charge in [0.05, 0.1) is 11.8 Å². The van der Waals surface area contributed by atoms with E-state index in [0.717, 1.165) is 16.0 Å². The average molecular weight is 479 g/mol. The zero-order valence-corrected chi connectivity index (χ0v) is 19.7. The third kappa shape index (κ3) is 6.00. The van der Waals surface area contributed by atoms with Crippen LogP contribution in [0.15, 0.2) is 94.7 Å². The molecule has 1 atom stereocenters. The van der Waals surface area contributed by atoms with E-state index in [1.165, 1.54) is 16.7 Å². The van der Waals surface area contributed by atoms with Crippen molar-refractivity contribution < 1.29 is 9.59 Å². The monoisotopic (exact) mass is 478 g/mol. The first-order valence-electron chi connectivity index (χ1n) is 10.2. The van der Waals surface area contributed by atoms with Crippen LogP contribution in [0.3, 0.4) is 0 Å². The van der Waals surface area contributed by atoms with Crippen molar-refractivity contribution in [2.45, 2.75) is 34.6 Å². The van der Waals surface area contributed by atoms with E-state index >= 15 is 0 Å². The van der Waals surface area contributed by atoms with Gasteiger partial charge in [0.25, 0.3) is 0 Å².